The van der Waals surface area contributed by atoms with Crippen LogP contribution in [0, 0.1) is 0 Å². The van der Waals surface area contributed by atoms with Crippen LogP contribution >= 0.6 is 0 Å². The quantitative estimate of drug-likeness (QED) is 0.330. The van der Waals surface area contributed by atoms with Crippen LogP contribution in [0.2, 0.25) is 0 Å². The first-order valence-corrected chi connectivity index (χ1v) is 5.67. The van der Waals surface area contributed by atoms with Crippen LogP contribution in [0.3, 0.4) is 0 Å². The topological polar surface area (TPSA) is 141 Å². The number of anilines is 2. The van der Waals surface area contributed by atoms with Gasteiger partial charge in [0.2, 0.25) is 0 Å². The van der Waals surface area contributed by atoms with Crippen LogP contribution in [-0.2, 0) is 0 Å². The summed E-state index contributed by atoms with van der Waals surface area (Å²) in [5, 5.41) is 13.6. The van der Waals surface area contributed by atoms with E-state index in [4.69, 9.17) is 31.3 Å². The fourth-order valence-electron chi connectivity index (χ4n) is 1.28. The standard InChI is InChI=1S/2C7H7NO2.Pb/c2*8-6-3-1-5(2-4-6)7(9)10;/h2*1-4H,8H2,(H,9,10);/p+4. The van der Waals surface area contributed by atoms with Crippen LogP contribution in [0.4, 0.5) is 11.4 Å². The van der Waals surface area contributed by atoms with E-state index in [0.717, 1.165) is 0 Å². The smallest absolute Gasteiger partial charge is 0.520 e. The molecule has 2 aromatic carbocycles. The average Bonchev–Trinajstić information content (AvgIpc) is 2.40. The molecule has 21 heavy (non-hydrogen) atoms. The summed E-state index contributed by atoms with van der Waals surface area (Å²) < 4.78 is 0. The van der Waals surface area contributed by atoms with Crippen molar-refractivity contribution in [2.45, 2.75) is 0 Å². The van der Waals surface area contributed by atoms with Crippen LogP contribution in [0.1, 0.15) is 11.1 Å². The zero-order chi connectivity index (χ0) is 15.1. The van der Waals surface area contributed by atoms with Gasteiger partial charge in [-0.15, -0.1) is 0 Å². The summed E-state index contributed by atoms with van der Waals surface area (Å²) in [6.07, 6.45) is 0. The van der Waals surface area contributed by atoms with Gasteiger partial charge in [-0.25, -0.2) is 0 Å². The summed E-state index contributed by atoms with van der Waals surface area (Å²) in [6.45, 7) is 0. The molecular weight excluding hydrogens is 467 g/mol. The maximum atomic E-state index is 8.66. The number of benzene rings is 2. The van der Waals surface area contributed by atoms with E-state index in [1.165, 1.54) is 0 Å². The Morgan fingerprint density at radius 1 is 0.667 bits per heavy atom. The summed E-state index contributed by atoms with van der Waals surface area (Å²) >= 11 is 0. The summed E-state index contributed by atoms with van der Waals surface area (Å²) in [7, 11) is 0. The molecule has 10 N–H and O–H groups in total. The molecule has 0 heterocycles. The van der Waals surface area contributed by atoms with Crippen molar-refractivity contribution in [1.82, 2.24) is 0 Å². The summed E-state index contributed by atoms with van der Waals surface area (Å²) in [5.74, 6) is -0.861. The van der Waals surface area contributed by atoms with Gasteiger partial charge in [0.15, 0.2) is 11.1 Å². The molecule has 108 valence electrons. The Bertz CT molecular complexity index is 542. The maximum absolute atomic E-state index is 8.66. The van der Waals surface area contributed by atoms with Crippen molar-refractivity contribution >= 4 is 50.6 Å². The number of carbonyl (C=O) groups excluding carboxylic acids is 2. The van der Waals surface area contributed by atoms with Gasteiger partial charge in [0, 0.05) is 38.7 Å². The van der Waals surface area contributed by atoms with Gasteiger partial charge < -0.3 is 21.7 Å². The predicted octanol–water partition coefficient (Wildman–Crippen LogP) is -0.693. The Labute approximate surface area is 141 Å². The minimum Gasteiger partial charge on any atom is -0.520 e. The largest absolute Gasteiger partial charge is 0.657 e. The van der Waals surface area contributed by atoms with Gasteiger partial charge in [-0.1, -0.05) is 0 Å². The van der Waals surface area contributed by atoms with Crippen molar-refractivity contribution < 1.29 is 19.8 Å². The molecule has 0 unspecified atom stereocenters. The van der Waals surface area contributed by atoms with Gasteiger partial charge in [0.1, 0.15) is 0 Å². The van der Waals surface area contributed by atoms with E-state index in [9.17, 15) is 0 Å². The molecule has 0 spiro atoms. The zero-order valence-electron chi connectivity index (χ0n) is 11.2. The average molecular weight is 486 g/mol. The van der Waals surface area contributed by atoms with Gasteiger partial charge in [-0.05, 0) is 48.5 Å². The second-order valence-electron chi connectivity index (χ2n) is 3.94. The van der Waals surface area contributed by atoms with E-state index in [1.54, 1.807) is 48.5 Å². The Morgan fingerprint density at radius 3 is 1.10 bits per heavy atom. The van der Waals surface area contributed by atoms with Crippen molar-refractivity contribution in [3.05, 3.63) is 59.7 Å². The fourth-order valence-corrected chi connectivity index (χ4v) is 1.28. The van der Waals surface area contributed by atoms with Crippen molar-refractivity contribution in [2.24, 2.45) is 0 Å². The third-order valence-corrected chi connectivity index (χ3v) is 2.37. The molecule has 2 rings (SSSR count). The summed E-state index contributed by atoms with van der Waals surface area (Å²) in [5.41, 5.74) is 13.0. The molecule has 0 bridgehead atoms. The molecule has 0 aliphatic heterocycles. The number of hydrogen-bond acceptors (Lipinski definition) is 2. The fraction of sp³-hybridized carbons (Fsp3) is 0. The van der Waals surface area contributed by atoms with Crippen molar-refractivity contribution in [1.29, 1.82) is 0 Å². The van der Waals surface area contributed by atoms with E-state index in [0.29, 0.717) is 22.5 Å². The van der Waals surface area contributed by atoms with Gasteiger partial charge in [-0.2, -0.15) is 9.59 Å². The Morgan fingerprint density at radius 2 is 0.905 bits per heavy atom. The molecule has 2 aromatic rings. The molecule has 0 fully saturated rings. The molecule has 0 aliphatic carbocycles. The predicted molar refractivity (Wildman–Crippen MR) is 86.8 cm³/mol. The SMILES string of the molecule is Nc1ccc(C(=[OH+])[OH2+])cc1.Nc1ccc(C(=[OH+])[OH2+])cc1.[Pb]. The molecule has 4 radical (unpaired) electrons. The molecule has 0 atom stereocenters. The van der Waals surface area contributed by atoms with E-state index in [1.807, 2.05) is 0 Å². The van der Waals surface area contributed by atoms with Crippen LogP contribution in [0.5, 0.6) is 0 Å². The first-order valence-electron chi connectivity index (χ1n) is 5.67. The molecular formula is C14H18N2O4Pb+4. The number of hydrogen-bond donors (Lipinski definition) is 2. The molecule has 6 nitrogen and oxygen atoms in total. The van der Waals surface area contributed by atoms with Gasteiger partial charge in [0.05, 0.1) is 0 Å². The second-order valence-corrected chi connectivity index (χ2v) is 3.94. The molecule has 0 saturated carbocycles. The molecule has 0 aromatic heterocycles. The van der Waals surface area contributed by atoms with Gasteiger partial charge >= 0.3 is 11.9 Å². The van der Waals surface area contributed by atoms with E-state index >= 15 is 0 Å². The third kappa shape index (κ3) is 6.75. The zero-order valence-corrected chi connectivity index (χ0v) is 15.1. The van der Waals surface area contributed by atoms with E-state index < -0.39 is 11.9 Å². The summed E-state index contributed by atoms with van der Waals surface area (Å²) in [6, 6.07) is 12.9. The van der Waals surface area contributed by atoms with Crippen molar-refractivity contribution in [3.8, 4) is 0 Å². The van der Waals surface area contributed by atoms with Gasteiger partial charge in [0.25, 0.3) is 0 Å². The third-order valence-electron chi connectivity index (χ3n) is 2.37. The monoisotopic (exact) mass is 486 g/mol. The first-order chi connectivity index (χ1) is 9.40. The van der Waals surface area contributed by atoms with Crippen molar-refractivity contribution in [2.75, 3.05) is 11.5 Å². The summed E-state index contributed by atoms with van der Waals surface area (Å²) in [4.78, 5) is 17.3. The number of rotatable bonds is 2. The number of nitrogen functional groups attached to an aromatic ring is 2. The second kappa shape index (κ2) is 8.95. The van der Waals surface area contributed by atoms with Crippen LogP contribution in [0.25, 0.3) is 0 Å². The van der Waals surface area contributed by atoms with Crippen LogP contribution in [0.15, 0.2) is 48.5 Å². The molecule has 7 heteroatoms. The van der Waals surface area contributed by atoms with Crippen LogP contribution in [-0.4, -0.2) is 59.0 Å². The van der Waals surface area contributed by atoms with Crippen LogP contribution < -0.4 is 11.5 Å². The van der Waals surface area contributed by atoms with E-state index in [-0.39, 0.29) is 27.3 Å². The van der Waals surface area contributed by atoms with E-state index in [2.05, 4.69) is 0 Å². The Hall–Kier alpha value is -2.10. The van der Waals surface area contributed by atoms with Crippen molar-refractivity contribution in [3.63, 3.8) is 0 Å². The maximum Gasteiger partial charge on any atom is 0.657 e. The Kier molecular flexibility index (Phi) is 8.06. The molecule has 0 amide bonds. The minimum absolute atomic E-state index is 0. The molecule has 0 saturated heterocycles. The minimum atomic E-state index is -0.431. The Balaban J connectivity index is 0.000000364. The molecule has 0 aliphatic rings. The normalized spacial score (nSPS) is 8.76. The number of nitrogens with two attached hydrogens (primary N) is 2. The van der Waals surface area contributed by atoms with Gasteiger partial charge in [-0.3, -0.25) is 0 Å². The first kappa shape index (κ1) is 18.9.